The average Bonchev–Trinajstić information content (AvgIpc) is 1.87. The van der Waals surface area contributed by atoms with Crippen LogP contribution in [0.3, 0.4) is 0 Å². The van der Waals surface area contributed by atoms with Crippen molar-refractivity contribution in [2.24, 2.45) is 0 Å². The lowest BCUT2D eigenvalue weighted by molar-refractivity contribution is -0.133. The van der Waals surface area contributed by atoms with Crippen LogP contribution in [-0.4, -0.2) is 20.5 Å². The van der Waals surface area contributed by atoms with Gasteiger partial charge in [-0.25, -0.2) is 4.79 Å². The van der Waals surface area contributed by atoms with Gasteiger partial charge in [-0.3, -0.25) is 0 Å². The van der Waals surface area contributed by atoms with Gasteiger partial charge in [-0.15, -0.1) is 0 Å². The van der Waals surface area contributed by atoms with Crippen molar-refractivity contribution < 1.29 is 14.3 Å². The molecule has 0 aromatic carbocycles. The average molecular weight is 142 g/mol. The molecule has 9 heavy (non-hydrogen) atoms. The third-order valence-corrected chi connectivity index (χ3v) is 0.867. The van der Waals surface area contributed by atoms with E-state index >= 15 is 0 Å². The molecule has 0 amide bonds. The number of rotatable bonds is 3. The molecule has 4 heteroatoms. The predicted octanol–water partition coefficient (Wildman–Crippen LogP) is -0.202. The molecule has 0 atom stereocenters. The van der Waals surface area contributed by atoms with Crippen LogP contribution in [0.2, 0.25) is 0 Å². The summed E-state index contributed by atoms with van der Waals surface area (Å²) in [5.74, 6) is -0.596. The second-order valence-electron chi connectivity index (χ2n) is 1.16. The van der Waals surface area contributed by atoms with E-state index in [1.807, 2.05) is 0 Å². The minimum Gasteiger partial charge on any atom is -0.431 e. The van der Waals surface area contributed by atoms with Crippen LogP contribution in [0.5, 0.6) is 0 Å². The second kappa shape index (κ2) is 4.05. The van der Waals surface area contributed by atoms with Gasteiger partial charge in [-0.1, -0.05) is 13.2 Å². The summed E-state index contributed by atoms with van der Waals surface area (Å²) in [5.41, 5.74) is 0. The molecule has 48 valence electrons. The quantitative estimate of drug-likeness (QED) is 0.257. The van der Waals surface area contributed by atoms with Crippen LogP contribution >= 0.6 is 0 Å². The van der Waals surface area contributed by atoms with E-state index in [9.17, 15) is 4.79 Å². The van der Waals surface area contributed by atoms with E-state index in [0.717, 1.165) is 6.08 Å². The van der Waals surface area contributed by atoms with E-state index in [-0.39, 0.29) is 5.38 Å². The Morgan fingerprint density at radius 1 is 1.78 bits per heavy atom. The van der Waals surface area contributed by atoms with E-state index < -0.39 is 15.7 Å². The van der Waals surface area contributed by atoms with Gasteiger partial charge in [-0.2, -0.15) is 0 Å². The molecule has 0 rings (SSSR count). The molecule has 0 unspecified atom stereocenters. The third kappa shape index (κ3) is 3.69. The molecular weight excluding hydrogens is 136 g/mol. The van der Waals surface area contributed by atoms with Crippen LogP contribution in [0.15, 0.2) is 24.6 Å². The highest BCUT2D eigenvalue weighted by molar-refractivity contribution is 6.35. The Kier molecular flexibility index (Phi) is 3.66. The normalized spacial score (nSPS) is 8.11. The van der Waals surface area contributed by atoms with Gasteiger partial charge in [0, 0.05) is 6.08 Å². The van der Waals surface area contributed by atoms with Gasteiger partial charge in [0.2, 0.25) is 0 Å². The maximum absolute atomic E-state index is 10.3. The molecule has 0 spiro atoms. The highest BCUT2D eigenvalue weighted by atomic mass is 28.2. The monoisotopic (exact) mass is 142 g/mol. The summed E-state index contributed by atoms with van der Waals surface area (Å²) < 4.78 is 4.36. The van der Waals surface area contributed by atoms with E-state index in [4.69, 9.17) is 4.80 Å². The smallest absolute Gasteiger partial charge is 0.334 e. The Hall–Kier alpha value is -0.873. The zero-order valence-electron chi connectivity index (χ0n) is 4.76. The summed E-state index contributed by atoms with van der Waals surface area (Å²) in [6.45, 7) is 6.39. The van der Waals surface area contributed by atoms with Gasteiger partial charge in [0.05, 0.1) is 0 Å². The number of carbonyl (C=O) groups is 1. The zero-order valence-corrected chi connectivity index (χ0v) is 5.76. The highest BCUT2D eigenvalue weighted by Crippen LogP contribution is 1.89. The lowest BCUT2D eigenvalue weighted by Gasteiger charge is -1.96. The van der Waals surface area contributed by atoms with Crippen LogP contribution in [0.1, 0.15) is 0 Å². The number of hydrogen-bond acceptors (Lipinski definition) is 3. The Morgan fingerprint density at radius 3 is 2.67 bits per heavy atom. The van der Waals surface area contributed by atoms with Crippen molar-refractivity contribution in [3.8, 4) is 0 Å². The fourth-order valence-electron chi connectivity index (χ4n) is 0.186. The van der Waals surface area contributed by atoms with Crippen LogP contribution < -0.4 is 0 Å². The molecule has 0 saturated carbocycles. The summed E-state index contributed by atoms with van der Waals surface area (Å²) in [5, 5.41) is 0.0555. The van der Waals surface area contributed by atoms with Gasteiger partial charge < -0.3 is 9.53 Å². The molecule has 0 aliphatic carbocycles. The fourth-order valence-corrected chi connectivity index (χ4v) is 0.332. The Labute approximate surface area is 55.6 Å². The Balaban J connectivity index is 3.59. The van der Waals surface area contributed by atoms with Crippen molar-refractivity contribution in [3.63, 3.8) is 0 Å². The van der Waals surface area contributed by atoms with Crippen molar-refractivity contribution >= 4 is 15.7 Å². The summed E-state index contributed by atoms with van der Waals surface area (Å²) in [4.78, 5) is 18.6. The SMILES string of the molecule is C=CC(=O)OC(=C)[Si]O. The topological polar surface area (TPSA) is 46.5 Å². The standard InChI is InChI=1S/C5H6O3Si/c1-3-5(6)8-4(2)9-7/h3,7H,1-2H2. The number of esters is 1. The Morgan fingerprint density at radius 2 is 2.33 bits per heavy atom. The molecule has 0 aliphatic rings. The first kappa shape index (κ1) is 8.13. The maximum atomic E-state index is 10.3. The molecule has 0 saturated heterocycles. The largest absolute Gasteiger partial charge is 0.431 e. The van der Waals surface area contributed by atoms with Gasteiger partial charge in [-0.05, 0) is 0 Å². The van der Waals surface area contributed by atoms with E-state index in [0.29, 0.717) is 0 Å². The van der Waals surface area contributed by atoms with Crippen molar-refractivity contribution in [1.29, 1.82) is 0 Å². The molecular formula is C5H6O3Si. The van der Waals surface area contributed by atoms with Crippen molar-refractivity contribution in [1.82, 2.24) is 0 Å². The van der Waals surface area contributed by atoms with E-state index in [1.54, 1.807) is 0 Å². The maximum Gasteiger partial charge on any atom is 0.334 e. The Bertz CT molecular complexity index is 141. The first-order chi connectivity index (χ1) is 4.20. The molecule has 0 aliphatic heterocycles. The molecule has 0 aromatic rings. The van der Waals surface area contributed by atoms with Crippen LogP contribution in [-0.2, 0) is 9.53 Å². The zero-order chi connectivity index (χ0) is 7.28. The van der Waals surface area contributed by atoms with Crippen LogP contribution in [0.4, 0.5) is 0 Å². The number of ether oxygens (including phenoxy) is 1. The minimum absolute atomic E-state index is 0.0555. The molecule has 1 N–H and O–H groups in total. The lowest BCUT2D eigenvalue weighted by atomic mass is 10.7. The molecule has 0 bridgehead atoms. The number of carbonyl (C=O) groups excluding carboxylic acids is 1. The number of hydrogen-bond donors (Lipinski definition) is 1. The first-order valence-corrected chi connectivity index (χ1v) is 3.08. The van der Waals surface area contributed by atoms with Gasteiger partial charge in [0.15, 0.2) is 0 Å². The van der Waals surface area contributed by atoms with Crippen molar-refractivity contribution in [2.45, 2.75) is 0 Å². The molecule has 2 radical (unpaired) electrons. The van der Waals surface area contributed by atoms with Crippen molar-refractivity contribution in [3.05, 3.63) is 24.6 Å². The molecule has 0 heterocycles. The third-order valence-electron chi connectivity index (χ3n) is 0.515. The lowest BCUT2D eigenvalue weighted by Crippen LogP contribution is -2.04. The summed E-state index contributed by atoms with van der Waals surface area (Å²) in [7, 11) is -0.558. The van der Waals surface area contributed by atoms with Crippen LogP contribution in [0, 0.1) is 0 Å². The molecule has 0 fully saturated rings. The summed E-state index contributed by atoms with van der Waals surface area (Å²) in [6.07, 6.45) is 1.01. The highest BCUT2D eigenvalue weighted by Gasteiger charge is 1.98. The van der Waals surface area contributed by atoms with E-state index in [1.165, 1.54) is 0 Å². The second-order valence-corrected chi connectivity index (χ2v) is 1.94. The molecule has 3 nitrogen and oxygen atoms in total. The van der Waals surface area contributed by atoms with Gasteiger partial charge in [0.25, 0.3) is 0 Å². The van der Waals surface area contributed by atoms with Crippen molar-refractivity contribution in [2.75, 3.05) is 0 Å². The van der Waals surface area contributed by atoms with Gasteiger partial charge >= 0.3 is 15.7 Å². The van der Waals surface area contributed by atoms with Crippen LogP contribution in [0.25, 0.3) is 0 Å². The minimum atomic E-state index is -0.596. The molecule has 0 aromatic heterocycles. The first-order valence-electron chi connectivity index (χ1n) is 2.14. The predicted molar refractivity (Wildman–Crippen MR) is 33.4 cm³/mol. The fraction of sp³-hybridized carbons (Fsp3) is 0. The van der Waals surface area contributed by atoms with E-state index in [2.05, 4.69) is 17.9 Å². The summed E-state index contributed by atoms with van der Waals surface area (Å²) >= 11 is 0. The van der Waals surface area contributed by atoms with Gasteiger partial charge in [0.1, 0.15) is 5.38 Å². The summed E-state index contributed by atoms with van der Waals surface area (Å²) in [6, 6.07) is 0.